The van der Waals surface area contributed by atoms with Crippen molar-refractivity contribution >= 4 is 11.3 Å². The first kappa shape index (κ1) is 16.1. The molecule has 0 aliphatic rings. The van der Waals surface area contributed by atoms with Gasteiger partial charge < -0.3 is 10.1 Å². The van der Waals surface area contributed by atoms with Gasteiger partial charge in [-0.15, -0.1) is 11.3 Å². The van der Waals surface area contributed by atoms with Gasteiger partial charge in [0.15, 0.2) is 0 Å². The van der Waals surface area contributed by atoms with Crippen LogP contribution in [0.15, 0.2) is 29.8 Å². The van der Waals surface area contributed by atoms with E-state index in [1.165, 1.54) is 0 Å². The molecule has 0 spiro atoms. The van der Waals surface area contributed by atoms with Crippen molar-refractivity contribution in [1.29, 1.82) is 0 Å². The van der Waals surface area contributed by atoms with Crippen LogP contribution < -0.4 is 5.32 Å². The second-order valence-corrected chi connectivity index (χ2v) is 6.06. The summed E-state index contributed by atoms with van der Waals surface area (Å²) in [5, 5.41) is 6.66. The molecule has 0 saturated carbocycles. The maximum absolute atomic E-state index is 5.50. The van der Waals surface area contributed by atoms with Crippen LogP contribution in [0.5, 0.6) is 0 Å². The predicted molar refractivity (Wildman–Crippen MR) is 87.6 cm³/mol. The third kappa shape index (κ3) is 5.91. The Kier molecular flexibility index (Phi) is 6.79. The van der Waals surface area contributed by atoms with E-state index in [-0.39, 0.29) is 0 Å². The van der Waals surface area contributed by atoms with Crippen LogP contribution in [0.1, 0.15) is 25.3 Å². The van der Waals surface area contributed by atoms with Gasteiger partial charge in [0.2, 0.25) is 0 Å². The fourth-order valence-electron chi connectivity index (χ4n) is 1.89. The number of pyridine rings is 1. The molecule has 114 valence electrons. The van der Waals surface area contributed by atoms with Crippen molar-refractivity contribution in [3.63, 3.8) is 0 Å². The highest BCUT2D eigenvalue weighted by molar-refractivity contribution is 7.09. The monoisotopic (exact) mass is 305 g/mol. The smallest absolute Gasteiger partial charge is 0.0998 e. The number of nitrogens with zero attached hydrogens (tertiary/aromatic N) is 2. The van der Waals surface area contributed by atoms with Crippen LogP contribution in [0, 0.1) is 0 Å². The number of thiazole rings is 1. The topological polar surface area (TPSA) is 47.0 Å². The SMILES string of the molecule is CC(C)OCCCNCCc1nc(-c2ccccn2)cs1. The Bertz CT molecular complexity index is 513. The van der Waals surface area contributed by atoms with Crippen molar-refractivity contribution in [2.45, 2.75) is 32.8 Å². The molecule has 5 heteroatoms. The summed E-state index contributed by atoms with van der Waals surface area (Å²) in [7, 11) is 0. The maximum atomic E-state index is 5.50. The molecule has 0 aliphatic carbocycles. The van der Waals surface area contributed by atoms with Gasteiger partial charge in [0.25, 0.3) is 0 Å². The van der Waals surface area contributed by atoms with Gasteiger partial charge in [-0.2, -0.15) is 0 Å². The summed E-state index contributed by atoms with van der Waals surface area (Å²) >= 11 is 1.70. The molecule has 0 saturated heterocycles. The molecule has 2 aromatic heterocycles. The lowest BCUT2D eigenvalue weighted by Crippen LogP contribution is -2.20. The fourth-order valence-corrected chi connectivity index (χ4v) is 2.69. The molecule has 0 atom stereocenters. The Morgan fingerprint density at radius 3 is 2.90 bits per heavy atom. The van der Waals surface area contributed by atoms with Crippen molar-refractivity contribution < 1.29 is 4.74 Å². The Labute approximate surface area is 130 Å². The number of nitrogens with one attached hydrogen (secondary N) is 1. The highest BCUT2D eigenvalue weighted by Crippen LogP contribution is 2.19. The molecule has 2 aromatic rings. The summed E-state index contributed by atoms with van der Waals surface area (Å²) in [5.41, 5.74) is 1.92. The van der Waals surface area contributed by atoms with Crippen LogP contribution in [0.25, 0.3) is 11.4 Å². The minimum Gasteiger partial charge on any atom is -0.379 e. The van der Waals surface area contributed by atoms with E-state index in [2.05, 4.69) is 34.5 Å². The Balaban J connectivity index is 1.65. The summed E-state index contributed by atoms with van der Waals surface area (Å²) in [6, 6.07) is 5.90. The largest absolute Gasteiger partial charge is 0.379 e. The van der Waals surface area contributed by atoms with Crippen molar-refractivity contribution in [2.24, 2.45) is 0 Å². The summed E-state index contributed by atoms with van der Waals surface area (Å²) in [5.74, 6) is 0. The predicted octanol–water partition coefficient (Wildman–Crippen LogP) is 3.15. The second-order valence-electron chi connectivity index (χ2n) is 5.11. The molecule has 1 N–H and O–H groups in total. The zero-order chi connectivity index (χ0) is 14.9. The molecule has 0 bridgehead atoms. The van der Waals surface area contributed by atoms with Gasteiger partial charge in [0.1, 0.15) is 0 Å². The number of ether oxygens (including phenoxy) is 1. The normalized spacial score (nSPS) is 11.2. The first-order chi connectivity index (χ1) is 10.3. The molecular formula is C16H23N3OS. The highest BCUT2D eigenvalue weighted by Gasteiger charge is 2.04. The number of aromatic nitrogens is 2. The maximum Gasteiger partial charge on any atom is 0.0998 e. The first-order valence-electron chi connectivity index (χ1n) is 7.44. The van der Waals surface area contributed by atoms with Gasteiger partial charge >= 0.3 is 0 Å². The highest BCUT2D eigenvalue weighted by atomic mass is 32.1. The zero-order valence-corrected chi connectivity index (χ0v) is 13.5. The average molecular weight is 305 g/mol. The number of rotatable bonds is 9. The standard InChI is InChI=1S/C16H23N3OS/c1-13(2)20-11-5-8-17-10-7-16-19-15(12-21-16)14-6-3-4-9-18-14/h3-4,6,9,12-13,17H,5,7-8,10-11H2,1-2H3. The molecule has 0 unspecified atom stereocenters. The van der Waals surface area contributed by atoms with E-state index < -0.39 is 0 Å². The molecule has 21 heavy (non-hydrogen) atoms. The minimum absolute atomic E-state index is 0.324. The van der Waals surface area contributed by atoms with Crippen molar-refractivity contribution in [1.82, 2.24) is 15.3 Å². The Hall–Kier alpha value is -1.30. The molecule has 4 nitrogen and oxygen atoms in total. The van der Waals surface area contributed by atoms with E-state index in [1.807, 2.05) is 18.2 Å². The third-order valence-electron chi connectivity index (χ3n) is 2.94. The third-order valence-corrected chi connectivity index (χ3v) is 3.85. The van der Waals surface area contributed by atoms with Crippen molar-refractivity contribution in [3.05, 3.63) is 34.8 Å². The van der Waals surface area contributed by atoms with Gasteiger partial charge in [0.05, 0.1) is 22.5 Å². The van der Waals surface area contributed by atoms with Crippen LogP contribution in [0.3, 0.4) is 0 Å². The van der Waals surface area contributed by atoms with Crippen LogP contribution in [-0.2, 0) is 11.2 Å². The van der Waals surface area contributed by atoms with E-state index in [0.29, 0.717) is 6.10 Å². The zero-order valence-electron chi connectivity index (χ0n) is 12.7. The average Bonchev–Trinajstić information content (AvgIpc) is 2.96. The quantitative estimate of drug-likeness (QED) is 0.723. The minimum atomic E-state index is 0.324. The fraction of sp³-hybridized carbons (Fsp3) is 0.500. The molecule has 0 radical (unpaired) electrons. The lowest BCUT2D eigenvalue weighted by Gasteiger charge is -2.07. The Morgan fingerprint density at radius 1 is 1.24 bits per heavy atom. The van der Waals surface area contributed by atoms with Crippen LogP contribution >= 0.6 is 11.3 Å². The van der Waals surface area contributed by atoms with Gasteiger partial charge in [-0.3, -0.25) is 4.98 Å². The van der Waals surface area contributed by atoms with E-state index in [9.17, 15) is 0 Å². The van der Waals surface area contributed by atoms with E-state index in [0.717, 1.165) is 48.9 Å². The summed E-state index contributed by atoms with van der Waals surface area (Å²) in [4.78, 5) is 8.95. The lowest BCUT2D eigenvalue weighted by atomic mass is 10.3. The molecule has 0 aromatic carbocycles. The van der Waals surface area contributed by atoms with Crippen LogP contribution in [-0.4, -0.2) is 35.8 Å². The number of hydrogen-bond donors (Lipinski definition) is 1. The number of hydrogen-bond acceptors (Lipinski definition) is 5. The molecule has 0 amide bonds. The van der Waals surface area contributed by atoms with E-state index >= 15 is 0 Å². The van der Waals surface area contributed by atoms with E-state index in [1.54, 1.807) is 17.5 Å². The molecule has 0 fully saturated rings. The van der Waals surface area contributed by atoms with Crippen LogP contribution in [0.4, 0.5) is 0 Å². The van der Waals surface area contributed by atoms with Crippen molar-refractivity contribution in [2.75, 3.05) is 19.7 Å². The summed E-state index contributed by atoms with van der Waals surface area (Å²) in [6.45, 7) is 6.90. The van der Waals surface area contributed by atoms with Gasteiger partial charge in [-0.25, -0.2) is 4.98 Å². The molecular weight excluding hydrogens is 282 g/mol. The Morgan fingerprint density at radius 2 is 2.14 bits per heavy atom. The van der Waals surface area contributed by atoms with Crippen molar-refractivity contribution in [3.8, 4) is 11.4 Å². The van der Waals surface area contributed by atoms with E-state index in [4.69, 9.17) is 4.74 Å². The molecule has 2 heterocycles. The summed E-state index contributed by atoms with van der Waals surface area (Å²) in [6.07, 6.45) is 4.14. The first-order valence-corrected chi connectivity index (χ1v) is 8.32. The molecule has 0 aliphatic heterocycles. The van der Waals surface area contributed by atoms with Crippen LogP contribution in [0.2, 0.25) is 0 Å². The lowest BCUT2D eigenvalue weighted by molar-refractivity contribution is 0.0771. The molecule has 2 rings (SSSR count). The van der Waals surface area contributed by atoms with Gasteiger partial charge in [-0.05, 0) is 38.9 Å². The van der Waals surface area contributed by atoms with Gasteiger partial charge in [-0.1, -0.05) is 6.07 Å². The summed E-state index contributed by atoms with van der Waals surface area (Å²) < 4.78 is 5.50. The second kappa shape index (κ2) is 8.87. The van der Waals surface area contributed by atoms with Gasteiger partial charge in [0, 0.05) is 31.1 Å².